The molecule has 2 aliphatic rings. The van der Waals surface area contributed by atoms with Crippen molar-refractivity contribution in [3.63, 3.8) is 0 Å². The van der Waals surface area contributed by atoms with Crippen LogP contribution in [0.3, 0.4) is 0 Å². The molecule has 112 valence electrons. The maximum Gasteiger partial charge on any atom is 0.238 e. The van der Waals surface area contributed by atoms with Gasteiger partial charge in [-0.05, 0) is 56.1 Å². The monoisotopic (exact) mass is 303 g/mol. The van der Waals surface area contributed by atoms with E-state index in [2.05, 4.69) is 6.07 Å². The fourth-order valence-electron chi connectivity index (χ4n) is 3.05. The highest BCUT2D eigenvalue weighted by Crippen LogP contribution is 2.48. The predicted octanol–water partition coefficient (Wildman–Crippen LogP) is 2.71. The van der Waals surface area contributed by atoms with Gasteiger partial charge in [-0.3, -0.25) is 9.59 Å². The number of carbonyl (C=O) groups excluding carboxylic acids is 2. The first-order valence-electron chi connectivity index (χ1n) is 7.53. The van der Waals surface area contributed by atoms with Crippen LogP contribution in [0.25, 0.3) is 0 Å². The Hall–Kier alpha value is -1.29. The zero-order valence-electron chi connectivity index (χ0n) is 12.6. The number of hydrogen-bond acceptors (Lipinski definition) is 3. The molecule has 0 N–H and O–H groups in total. The minimum Gasteiger partial charge on any atom is -0.341 e. The molecule has 0 aromatic heterocycles. The molecule has 0 bridgehead atoms. The van der Waals surface area contributed by atoms with Crippen LogP contribution in [0.2, 0.25) is 0 Å². The van der Waals surface area contributed by atoms with Gasteiger partial charge in [-0.1, -0.05) is 12.1 Å². The summed E-state index contributed by atoms with van der Waals surface area (Å²) in [5.41, 5.74) is 3.28. The van der Waals surface area contributed by atoms with E-state index in [-0.39, 0.29) is 10.5 Å². The number of carbonyl (C=O) groups is 2. The van der Waals surface area contributed by atoms with E-state index < -0.39 is 0 Å². The largest absolute Gasteiger partial charge is 0.341 e. The molecule has 3 nitrogen and oxygen atoms in total. The number of nitrogens with zero attached hydrogens (tertiary/aromatic N) is 1. The van der Waals surface area contributed by atoms with Gasteiger partial charge in [0.15, 0.2) is 5.78 Å². The Labute approximate surface area is 130 Å². The summed E-state index contributed by atoms with van der Waals surface area (Å²) in [6, 6.07) is 5.97. The van der Waals surface area contributed by atoms with E-state index in [9.17, 15) is 9.59 Å². The lowest BCUT2D eigenvalue weighted by Gasteiger charge is -2.24. The van der Waals surface area contributed by atoms with Crippen molar-refractivity contribution in [2.24, 2.45) is 0 Å². The van der Waals surface area contributed by atoms with Crippen LogP contribution in [0.4, 0.5) is 0 Å². The molecule has 1 aromatic rings. The highest BCUT2D eigenvalue weighted by Gasteiger charge is 2.51. The standard InChI is InChI=1S/C17H21NO2S/c1-12(19)14-4-3-13-5-9-18(10-6-15(13)11-14)16(20)17(21-2)7-8-17/h3-4,11H,5-10H2,1-2H3. The lowest BCUT2D eigenvalue weighted by Crippen LogP contribution is -2.40. The molecule has 1 aliphatic heterocycles. The summed E-state index contributed by atoms with van der Waals surface area (Å²) in [7, 11) is 0. The second-order valence-electron chi connectivity index (χ2n) is 6.03. The molecule has 4 heteroatoms. The first-order valence-corrected chi connectivity index (χ1v) is 8.75. The van der Waals surface area contributed by atoms with E-state index in [1.165, 1.54) is 11.1 Å². The second kappa shape index (κ2) is 5.48. The lowest BCUT2D eigenvalue weighted by molar-refractivity contribution is -0.131. The third-order valence-electron chi connectivity index (χ3n) is 4.69. The van der Waals surface area contributed by atoms with Gasteiger partial charge in [0.05, 0.1) is 4.75 Å². The number of fused-ring (bicyclic) bond motifs is 1. The van der Waals surface area contributed by atoms with Crippen LogP contribution in [-0.4, -0.2) is 40.7 Å². The molecule has 1 fully saturated rings. The van der Waals surface area contributed by atoms with Gasteiger partial charge in [0, 0.05) is 18.7 Å². The molecule has 1 amide bonds. The van der Waals surface area contributed by atoms with Crippen LogP contribution >= 0.6 is 11.8 Å². The Morgan fingerprint density at radius 2 is 1.81 bits per heavy atom. The normalized spacial score (nSPS) is 19.6. The van der Waals surface area contributed by atoms with Crippen LogP contribution in [0, 0.1) is 0 Å². The predicted molar refractivity (Wildman–Crippen MR) is 85.9 cm³/mol. The quantitative estimate of drug-likeness (QED) is 0.806. The smallest absolute Gasteiger partial charge is 0.238 e. The molecule has 3 rings (SSSR count). The van der Waals surface area contributed by atoms with E-state index >= 15 is 0 Å². The van der Waals surface area contributed by atoms with Gasteiger partial charge in [-0.2, -0.15) is 0 Å². The SMILES string of the molecule is CSC1(C(=O)N2CCc3ccc(C(C)=O)cc3CC2)CC1. The summed E-state index contributed by atoms with van der Waals surface area (Å²) >= 11 is 1.70. The molecule has 21 heavy (non-hydrogen) atoms. The molecule has 0 atom stereocenters. The fourth-order valence-corrected chi connectivity index (χ4v) is 3.87. The molecule has 0 spiro atoms. The number of thioether (sulfide) groups is 1. The second-order valence-corrected chi connectivity index (χ2v) is 7.22. The molecule has 1 aliphatic carbocycles. The summed E-state index contributed by atoms with van der Waals surface area (Å²) in [6.45, 7) is 3.17. The van der Waals surface area contributed by atoms with Crippen LogP contribution in [0.15, 0.2) is 18.2 Å². The maximum atomic E-state index is 12.6. The molecule has 1 aromatic carbocycles. The van der Waals surface area contributed by atoms with Crippen molar-refractivity contribution in [3.05, 3.63) is 34.9 Å². The molecule has 1 heterocycles. The Kier molecular flexibility index (Phi) is 3.82. The lowest BCUT2D eigenvalue weighted by atomic mass is 9.99. The zero-order chi connectivity index (χ0) is 15.0. The molecule has 0 saturated heterocycles. The van der Waals surface area contributed by atoms with Gasteiger partial charge in [-0.25, -0.2) is 0 Å². The first kappa shape index (κ1) is 14.6. The average Bonchev–Trinajstić information content (AvgIpc) is 3.30. The van der Waals surface area contributed by atoms with Crippen molar-refractivity contribution in [2.45, 2.75) is 37.4 Å². The van der Waals surface area contributed by atoms with E-state index in [4.69, 9.17) is 0 Å². The fraction of sp³-hybridized carbons (Fsp3) is 0.529. The number of hydrogen-bond donors (Lipinski definition) is 0. The molecular weight excluding hydrogens is 282 g/mol. The van der Waals surface area contributed by atoms with Crippen molar-refractivity contribution in [1.29, 1.82) is 0 Å². The summed E-state index contributed by atoms with van der Waals surface area (Å²) in [5, 5.41) is 0. The minimum atomic E-state index is -0.124. The van der Waals surface area contributed by atoms with Gasteiger partial charge in [0.25, 0.3) is 0 Å². The van der Waals surface area contributed by atoms with E-state index in [1.54, 1.807) is 18.7 Å². The number of benzene rings is 1. The summed E-state index contributed by atoms with van der Waals surface area (Å²) < 4.78 is -0.124. The molecule has 0 unspecified atom stereocenters. The molecular formula is C17H21NO2S. The molecule has 0 radical (unpaired) electrons. The average molecular weight is 303 g/mol. The number of amides is 1. The maximum absolute atomic E-state index is 12.6. The topological polar surface area (TPSA) is 37.4 Å². The Bertz CT molecular complexity index is 592. The Morgan fingerprint density at radius 1 is 1.14 bits per heavy atom. The summed E-state index contributed by atoms with van der Waals surface area (Å²) in [4.78, 5) is 26.2. The van der Waals surface area contributed by atoms with Crippen LogP contribution < -0.4 is 0 Å². The van der Waals surface area contributed by atoms with Crippen molar-refractivity contribution >= 4 is 23.5 Å². The van der Waals surface area contributed by atoms with Crippen LogP contribution in [0.1, 0.15) is 41.3 Å². The highest BCUT2D eigenvalue weighted by atomic mass is 32.2. The Balaban J connectivity index is 1.76. The van der Waals surface area contributed by atoms with Crippen molar-refractivity contribution in [2.75, 3.05) is 19.3 Å². The first-order chi connectivity index (χ1) is 10.1. The van der Waals surface area contributed by atoms with Crippen LogP contribution in [0.5, 0.6) is 0 Å². The third-order valence-corrected chi connectivity index (χ3v) is 6.05. The van der Waals surface area contributed by atoms with E-state index in [1.807, 2.05) is 23.3 Å². The zero-order valence-corrected chi connectivity index (χ0v) is 13.5. The van der Waals surface area contributed by atoms with E-state index in [0.717, 1.165) is 44.3 Å². The molecule has 1 saturated carbocycles. The number of rotatable bonds is 3. The van der Waals surface area contributed by atoms with Gasteiger partial charge in [0.2, 0.25) is 5.91 Å². The van der Waals surface area contributed by atoms with Crippen LogP contribution in [-0.2, 0) is 17.6 Å². The summed E-state index contributed by atoms with van der Waals surface area (Å²) in [5.74, 6) is 0.420. The van der Waals surface area contributed by atoms with Crippen molar-refractivity contribution in [1.82, 2.24) is 4.90 Å². The van der Waals surface area contributed by atoms with Gasteiger partial charge in [0.1, 0.15) is 0 Å². The van der Waals surface area contributed by atoms with Crippen molar-refractivity contribution in [3.8, 4) is 0 Å². The summed E-state index contributed by atoms with van der Waals surface area (Å²) in [6.07, 6.45) is 5.82. The van der Waals surface area contributed by atoms with E-state index in [0.29, 0.717) is 5.91 Å². The Morgan fingerprint density at radius 3 is 2.38 bits per heavy atom. The number of Topliss-reactive ketones (excluding diaryl/α,β-unsaturated/α-hetero) is 1. The number of ketones is 1. The van der Waals surface area contributed by atoms with Gasteiger partial charge < -0.3 is 4.90 Å². The highest BCUT2D eigenvalue weighted by molar-refractivity contribution is 8.01. The van der Waals surface area contributed by atoms with Gasteiger partial charge >= 0.3 is 0 Å². The minimum absolute atomic E-state index is 0.106. The van der Waals surface area contributed by atoms with Crippen molar-refractivity contribution < 1.29 is 9.59 Å². The van der Waals surface area contributed by atoms with Gasteiger partial charge in [-0.15, -0.1) is 11.8 Å². The third kappa shape index (κ3) is 2.73.